The molecule has 6 rings (SSSR count). The number of rotatable bonds is 3. The molecule has 0 saturated carbocycles. The van der Waals surface area contributed by atoms with Gasteiger partial charge in [0.15, 0.2) is 5.78 Å². The number of benzene rings is 3. The van der Waals surface area contributed by atoms with Gasteiger partial charge in [0.2, 0.25) is 0 Å². The van der Waals surface area contributed by atoms with E-state index in [0.717, 1.165) is 51.0 Å². The first-order valence-electron chi connectivity index (χ1n) is 11.8. The lowest BCUT2D eigenvalue weighted by Gasteiger charge is -2.40. The molecular formula is C29H25N3O3. The molecule has 1 aliphatic heterocycles. The first-order chi connectivity index (χ1) is 16.8. The van der Waals surface area contributed by atoms with Gasteiger partial charge in [-0.1, -0.05) is 44.2 Å². The fraction of sp³-hybridized carbons (Fsp3) is 0.207. The van der Waals surface area contributed by atoms with E-state index in [4.69, 9.17) is 0 Å². The number of non-ortho nitro benzene ring substituents is 1. The summed E-state index contributed by atoms with van der Waals surface area (Å²) in [6, 6.07) is 22.7. The Morgan fingerprint density at radius 3 is 2.51 bits per heavy atom. The number of hydrogen-bond acceptors (Lipinski definition) is 4. The minimum absolute atomic E-state index is 0.0498. The van der Waals surface area contributed by atoms with Gasteiger partial charge in [0.25, 0.3) is 5.69 Å². The van der Waals surface area contributed by atoms with Gasteiger partial charge in [-0.2, -0.15) is 0 Å². The highest BCUT2D eigenvalue weighted by atomic mass is 16.6. The van der Waals surface area contributed by atoms with E-state index >= 15 is 0 Å². The van der Waals surface area contributed by atoms with E-state index in [0.29, 0.717) is 6.42 Å². The Labute approximate surface area is 203 Å². The number of carbonyl (C=O) groups is 1. The molecule has 3 aromatic carbocycles. The maximum Gasteiger partial charge on any atom is 0.269 e. The molecule has 6 heteroatoms. The maximum absolute atomic E-state index is 13.7. The molecule has 4 aromatic rings. The van der Waals surface area contributed by atoms with Gasteiger partial charge >= 0.3 is 0 Å². The van der Waals surface area contributed by atoms with Crippen LogP contribution in [0.3, 0.4) is 0 Å². The highest BCUT2D eigenvalue weighted by Crippen LogP contribution is 2.52. The molecule has 0 saturated heterocycles. The van der Waals surface area contributed by atoms with Crippen LogP contribution in [0.15, 0.2) is 84.6 Å². The molecule has 0 unspecified atom stereocenters. The van der Waals surface area contributed by atoms with E-state index in [9.17, 15) is 14.9 Å². The lowest BCUT2D eigenvalue weighted by molar-refractivity contribution is -0.384. The molecule has 0 radical (unpaired) electrons. The van der Waals surface area contributed by atoms with Crippen LogP contribution in [0, 0.1) is 15.5 Å². The van der Waals surface area contributed by atoms with Gasteiger partial charge in [-0.25, -0.2) is 0 Å². The van der Waals surface area contributed by atoms with Crippen LogP contribution in [0.25, 0.3) is 22.0 Å². The molecule has 0 spiro atoms. The van der Waals surface area contributed by atoms with Gasteiger partial charge in [-0.3, -0.25) is 14.9 Å². The van der Waals surface area contributed by atoms with Crippen molar-refractivity contribution in [3.05, 3.63) is 106 Å². The second kappa shape index (κ2) is 7.67. The Hall–Kier alpha value is -4.19. The number of hydrogen-bond donors (Lipinski definition) is 1. The van der Waals surface area contributed by atoms with Crippen LogP contribution in [-0.4, -0.2) is 15.3 Å². The predicted octanol–water partition coefficient (Wildman–Crippen LogP) is 6.85. The number of nitrogens with one attached hydrogen (secondary N) is 1. The lowest BCUT2D eigenvalue weighted by Crippen LogP contribution is -2.33. The predicted molar refractivity (Wildman–Crippen MR) is 138 cm³/mol. The number of ketones is 1. The van der Waals surface area contributed by atoms with Crippen LogP contribution in [0.2, 0.25) is 0 Å². The Kier molecular flexibility index (Phi) is 4.68. The number of allylic oxidation sites excluding steroid dienone is 1. The zero-order valence-corrected chi connectivity index (χ0v) is 19.6. The van der Waals surface area contributed by atoms with E-state index < -0.39 is 4.92 Å². The van der Waals surface area contributed by atoms with Gasteiger partial charge in [0.1, 0.15) is 0 Å². The minimum atomic E-state index is -0.399. The van der Waals surface area contributed by atoms with Crippen LogP contribution in [0.5, 0.6) is 0 Å². The van der Waals surface area contributed by atoms with Crippen molar-refractivity contribution in [2.45, 2.75) is 32.7 Å². The molecule has 0 fully saturated rings. The minimum Gasteiger partial charge on any atom is -0.372 e. The molecule has 1 aromatic heterocycles. The first-order valence-corrected chi connectivity index (χ1v) is 11.8. The number of nitrogens with zero attached hydrogens (tertiary/aromatic N) is 2. The largest absolute Gasteiger partial charge is 0.372 e. The monoisotopic (exact) mass is 463 g/mol. The van der Waals surface area contributed by atoms with Crippen LogP contribution in [0.4, 0.5) is 11.4 Å². The summed E-state index contributed by atoms with van der Waals surface area (Å²) >= 11 is 0. The third kappa shape index (κ3) is 3.44. The van der Waals surface area contributed by atoms with E-state index in [1.165, 1.54) is 12.1 Å². The molecule has 0 amide bonds. The normalized spacial score (nSPS) is 18.7. The summed E-state index contributed by atoms with van der Waals surface area (Å²) in [5, 5.41) is 17.1. The number of nitro groups is 1. The third-order valence-corrected chi connectivity index (χ3v) is 7.15. The summed E-state index contributed by atoms with van der Waals surface area (Å²) < 4.78 is 2.01. The van der Waals surface area contributed by atoms with Gasteiger partial charge in [-0.15, -0.1) is 0 Å². The summed E-state index contributed by atoms with van der Waals surface area (Å²) in [4.78, 5) is 24.4. The zero-order valence-electron chi connectivity index (χ0n) is 19.6. The number of fused-ring (bicyclic) bond motifs is 4. The Morgan fingerprint density at radius 1 is 0.971 bits per heavy atom. The number of nitro benzene ring substituents is 1. The average molecular weight is 464 g/mol. The molecule has 0 bridgehead atoms. The molecule has 174 valence electrons. The van der Waals surface area contributed by atoms with E-state index in [-0.39, 0.29) is 22.9 Å². The van der Waals surface area contributed by atoms with Gasteiger partial charge in [0.05, 0.1) is 11.0 Å². The van der Waals surface area contributed by atoms with Crippen molar-refractivity contribution in [3.8, 4) is 5.69 Å². The molecule has 2 aliphatic rings. The van der Waals surface area contributed by atoms with Crippen molar-refractivity contribution in [3.63, 3.8) is 0 Å². The van der Waals surface area contributed by atoms with E-state index in [1.54, 1.807) is 12.1 Å². The van der Waals surface area contributed by atoms with Crippen molar-refractivity contribution < 1.29 is 9.72 Å². The second-order valence-corrected chi connectivity index (χ2v) is 10.2. The Bertz CT molecular complexity index is 1540. The first kappa shape index (κ1) is 21.4. The van der Waals surface area contributed by atoms with Crippen molar-refractivity contribution in [2.24, 2.45) is 5.41 Å². The molecule has 1 aliphatic carbocycles. The number of Topliss-reactive ketones (excluding diaryl/α,β-unsaturated/α-hetero) is 1. The topological polar surface area (TPSA) is 77.2 Å². The smallest absolute Gasteiger partial charge is 0.269 e. The van der Waals surface area contributed by atoms with Crippen molar-refractivity contribution in [1.29, 1.82) is 0 Å². The highest BCUT2D eigenvalue weighted by Gasteiger charge is 2.41. The number of aromatic nitrogens is 1. The van der Waals surface area contributed by atoms with Crippen LogP contribution in [0.1, 0.15) is 44.0 Å². The number of anilines is 1. The zero-order chi connectivity index (χ0) is 24.3. The van der Waals surface area contributed by atoms with Gasteiger partial charge < -0.3 is 9.88 Å². The summed E-state index contributed by atoms with van der Waals surface area (Å²) in [6.45, 7) is 4.33. The van der Waals surface area contributed by atoms with E-state index in [1.807, 2.05) is 35.0 Å². The molecule has 2 heterocycles. The fourth-order valence-electron chi connectivity index (χ4n) is 5.66. The second-order valence-electron chi connectivity index (χ2n) is 10.2. The molecule has 1 atom stereocenters. The van der Waals surface area contributed by atoms with Gasteiger partial charge in [-0.05, 0) is 58.5 Å². The summed E-state index contributed by atoms with van der Waals surface area (Å²) in [7, 11) is 0. The molecular weight excluding hydrogens is 438 g/mol. The standard InChI is InChI=1S/C29H25N3O3/c1-29(2)16-22-26-21-7-4-3-6-18(21)9-14-23(26)30-28(27(22)25(33)17-29)24-8-5-15-31(24)19-10-12-20(13-11-19)32(34)35/h3-15,28,30H,16-17H2,1-2H3/t28-/m0/s1. The summed E-state index contributed by atoms with van der Waals surface area (Å²) in [5.74, 6) is 0.170. The van der Waals surface area contributed by atoms with Crippen molar-refractivity contribution in [1.82, 2.24) is 4.57 Å². The highest BCUT2D eigenvalue weighted by molar-refractivity contribution is 6.12. The van der Waals surface area contributed by atoms with E-state index in [2.05, 4.69) is 43.4 Å². The fourth-order valence-corrected chi connectivity index (χ4v) is 5.66. The summed E-state index contributed by atoms with van der Waals surface area (Å²) in [6.07, 6.45) is 3.26. The van der Waals surface area contributed by atoms with Crippen molar-refractivity contribution >= 4 is 33.5 Å². The third-order valence-electron chi connectivity index (χ3n) is 7.15. The van der Waals surface area contributed by atoms with Crippen LogP contribution in [-0.2, 0) is 4.79 Å². The molecule has 35 heavy (non-hydrogen) atoms. The summed E-state index contributed by atoms with van der Waals surface area (Å²) in [5.41, 5.74) is 5.78. The van der Waals surface area contributed by atoms with Crippen LogP contribution < -0.4 is 5.32 Å². The molecule has 1 N–H and O–H groups in total. The Balaban J connectivity index is 1.55. The van der Waals surface area contributed by atoms with Crippen molar-refractivity contribution in [2.75, 3.05) is 5.32 Å². The van der Waals surface area contributed by atoms with Crippen LogP contribution >= 0.6 is 0 Å². The van der Waals surface area contributed by atoms with Gasteiger partial charge in [0, 0.05) is 53.0 Å². The Morgan fingerprint density at radius 2 is 1.74 bits per heavy atom. The maximum atomic E-state index is 13.7. The SMILES string of the molecule is CC1(C)CC(=O)C2=C(C1)c1c(ccc3ccccc13)N[C@H]2c1cccn1-c1ccc([N+](=O)[O-])cc1. The number of carbonyl (C=O) groups excluding carboxylic acids is 1. The molecule has 6 nitrogen and oxygen atoms in total. The lowest BCUT2D eigenvalue weighted by atomic mass is 9.68. The average Bonchev–Trinajstić information content (AvgIpc) is 3.32. The quantitative estimate of drug-likeness (QED) is 0.266.